The number of benzene rings is 1. The van der Waals surface area contributed by atoms with Crippen LogP contribution in [0.4, 0.5) is 0 Å². The van der Waals surface area contributed by atoms with Gasteiger partial charge in [-0.25, -0.2) is 0 Å². The first-order chi connectivity index (χ1) is 9.33. The zero-order valence-corrected chi connectivity index (χ0v) is 12.1. The van der Waals surface area contributed by atoms with E-state index in [9.17, 15) is 0 Å². The Bertz CT molecular complexity index is 425. The molecule has 104 valence electrons. The lowest BCUT2D eigenvalue weighted by Crippen LogP contribution is -1.92. The minimum Gasteiger partial charge on any atom is -0.454 e. The summed E-state index contributed by atoms with van der Waals surface area (Å²) in [5.74, 6) is 1.74. The maximum Gasteiger partial charge on any atom is 0.231 e. The van der Waals surface area contributed by atoms with Crippen molar-refractivity contribution in [3.05, 3.63) is 29.3 Å². The molecule has 1 aliphatic rings. The van der Waals surface area contributed by atoms with E-state index < -0.39 is 0 Å². The minimum absolute atomic E-state index is 0.348. The summed E-state index contributed by atoms with van der Waals surface area (Å²) in [6, 6.07) is 6.21. The average Bonchev–Trinajstić information content (AvgIpc) is 2.89. The first-order valence-corrected chi connectivity index (χ1v) is 7.42. The zero-order chi connectivity index (χ0) is 13.5. The second kappa shape index (κ2) is 7.22. The van der Waals surface area contributed by atoms with Crippen LogP contribution in [-0.2, 0) is 0 Å². The van der Waals surface area contributed by atoms with E-state index in [2.05, 4.69) is 32.1 Å². The van der Waals surface area contributed by atoms with Gasteiger partial charge in [-0.2, -0.15) is 0 Å². The Morgan fingerprint density at radius 2 is 1.74 bits per heavy atom. The van der Waals surface area contributed by atoms with Crippen molar-refractivity contribution in [3.63, 3.8) is 0 Å². The van der Waals surface area contributed by atoms with Crippen molar-refractivity contribution in [1.82, 2.24) is 0 Å². The van der Waals surface area contributed by atoms with Crippen molar-refractivity contribution in [2.45, 2.75) is 52.4 Å². The molecule has 0 aromatic heterocycles. The van der Waals surface area contributed by atoms with Gasteiger partial charge < -0.3 is 9.47 Å². The molecule has 0 saturated carbocycles. The first kappa shape index (κ1) is 14.0. The SMILES string of the molecule is CCCCC(=Cc1ccc2c(c1)OCO2)CCCC. The van der Waals surface area contributed by atoms with Crippen molar-refractivity contribution >= 4 is 6.08 Å². The molecule has 2 heteroatoms. The number of hydrogen-bond acceptors (Lipinski definition) is 2. The fourth-order valence-electron chi connectivity index (χ4n) is 2.32. The number of allylic oxidation sites excluding steroid dienone is 1. The summed E-state index contributed by atoms with van der Waals surface area (Å²) in [7, 11) is 0. The Hall–Kier alpha value is -1.44. The molecule has 0 bridgehead atoms. The predicted octanol–water partition coefficient (Wildman–Crippen LogP) is 5.18. The van der Waals surface area contributed by atoms with E-state index in [0.717, 1.165) is 11.5 Å². The quantitative estimate of drug-likeness (QED) is 0.672. The molecule has 19 heavy (non-hydrogen) atoms. The molecule has 0 unspecified atom stereocenters. The van der Waals surface area contributed by atoms with Crippen LogP contribution < -0.4 is 9.47 Å². The summed E-state index contributed by atoms with van der Waals surface area (Å²) >= 11 is 0. The third kappa shape index (κ3) is 4.02. The van der Waals surface area contributed by atoms with Gasteiger partial charge in [-0.1, -0.05) is 44.4 Å². The van der Waals surface area contributed by atoms with E-state index in [1.807, 2.05) is 6.07 Å². The third-order valence-electron chi connectivity index (χ3n) is 3.47. The van der Waals surface area contributed by atoms with Crippen LogP contribution in [0.3, 0.4) is 0 Å². The Morgan fingerprint density at radius 3 is 2.42 bits per heavy atom. The Morgan fingerprint density at radius 1 is 1.05 bits per heavy atom. The average molecular weight is 260 g/mol. The van der Waals surface area contributed by atoms with E-state index >= 15 is 0 Å². The van der Waals surface area contributed by atoms with Gasteiger partial charge in [-0.3, -0.25) is 0 Å². The molecule has 1 aromatic rings. The lowest BCUT2D eigenvalue weighted by atomic mass is 10.00. The highest BCUT2D eigenvalue weighted by Crippen LogP contribution is 2.33. The standard InChI is InChI=1S/C17H24O2/c1-3-5-7-14(8-6-4-2)11-15-9-10-16-17(12-15)19-13-18-16/h9-12H,3-8,13H2,1-2H3. The zero-order valence-electron chi connectivity index (χ0n) is 12.1. The van der Waals surface area contributed by atoms with Crippen LogP contribution in [0.1, 0.15) is 57.9 Å². The van der Waals surface area contributed by atoms with E-state index in [1.54, 1.807) is 5.57 Å². The molecule has 0 radical (unpaired) electrons. The first-order valence-electron chi connectivity index (χ1n) is 7.42. The molecule has 0 aliphatic carbocycles. The van der Waals surface area contributed by atoms with E-state index in [-0.39, 0.29) is 0 Å². The van der Waals surface area contributed by atoms with Gasteiger partial charge in [0.25, 0.3) is 0 Å². The van der Waals surface area contributed by atoms with Gasteiger partial charge in [-0.05, 0) is 43.4 Å². The van der Waals surface area contributed by atoms with E-state index in [4.69, 9.17) is 9.47 Å². The normalized spacial score (nSPS) is 12.5. The molecule has 1 heterocycles. The molecule has 2 rings (SSSR count). The van der Waals surface area contributed by atoms with Gasteiger partial charge in [0.2, 0.25) is 6.79 Å². The largest absolute Gasteiger partial charge is 0.454 e. The van der Waals surface area contributed by atoms with Crippen LogP contribution in [0.5, 0.6) is 11.5 Å². The van der Waals surface area contributed by atoms with Crippen molar-refractivity contribution in [3.8, 4) is 11.5 Å². The van der Waals surface area contributed by atoms with Gasteiger partial charge in [0.15, 0.2) is 11.5 Å². The summed E-state index contributed by atoms with van der Waals surface area (Å²) < 4.78 is 10.8. The maximum absolute atomic E-state index is 5.43. The molecule has 0 saturated heterocycles. The Labute approximate surface area is 116 Å². The van der Waals surface area contributed by atoms with Crippen LogP contribution in [0.2, 0.25) is 0 Å². The van der Waals surface area contributed by atoms with E-state index in [1.165, 1.54) is 44.1 Å². The summed E-state index contributed by atoms with van der Waals surface area (Å²) in [6.45, 7) is 4.84. The van der Waals surface area contributed by atoms with Crippen LogP contribution in [0.15, 0.2) is 23.8 Å². The van der Waals surface area contributed by atoms with Gasteiger partial charge in [0, 0.05) is 0 Å². The fraction of sp³-hybridized carbons (Fsp3) is 0.529. The van der Waals surface area contributed by atoms with Crippen LogP contribution in [0, 0.1) is 0 Å². The van der Waals surface area contributed by atoms with Gasteiger partial charge in [0.05, 0.1) is 0 Å². The summed E-state index contributed by atoms with van der Waals surface area (Å²) in [6.07, 6.45) is 9.82. The monoisotopic (exact) mass is 260 g/mol. The van der Waals surface area contributed by atoms with Gasteiger partial charge in [-0.15, -0.1) is 0 Å². The lowest BCUT2D eigenvalue weighted by Gasteiger charge is -2.07. The predicted molar refractivity (Wildman–Crippen MR) is 79.6 cm³/mol. The summed E-state index contributed by atoms with van der Waals surface area (Å²) in [5.41, 5.74) is 2.79. The molecule has 0 fully saturated rings. The molecule has 0 spiro atoms. The smallest absolute Gasteiger partial charge is 0.231 e. The summed E-state index contributed by atoms with van der Waals surface area (Å²) in [4.78, 5) is 0. The molecule has 2 nitrogen and oxygen atoms in total. The van der Waals surface area contributed by atoms with Gasteiger partial charge in [0.1, 0.15) is 0 Å². The van der Waals surface area contributed by atoms with Crippen molar-refractivity contribution in [1.29, 1.82) is 0 Å². The molecule has 0 amide bonds. The molecular formula is C17H24O2. The molecular weight excluding hydrogens is 236 g/mol. The fourth-order valence-corrected chi connectivity index (χ4v) is 2.32. The maximum atomic E-state index is 5.43. The molecule has 0 atom stereocenters. The molecule has 0 N–H and O–H groups in total. The highest BCUT2D eigenvalue weighted by molar-refractivity contribution is 5.58. The summed E-state index contributed by atoms with van der Waals surface area (Å²) in [5, 5.41) is 0. The number of ether oxygens (including phenoxy) is 2. The Kier molecular flexibility index (Phi) is 5.31. The van der Waals surface area contributed by atoms with Crippen molar-refractivity contribution in [2.75, 3.05) is 6.79 Å². The lowest BCUT2D eigenvalue weighted by molar-refractivity contribution is 0.174. The highest BCUT2D eigenvalue weighted by Gasteiger charge is 2.12. The highest BCUT2D eigenvalue weighted by atomic mass is 16.7. The Balaban J connectivity index is 2.10. The van der Waals surface area contributed by atoms with Crippen LogP contribution >= 0.6 is 0 Å². The minimum atomic E-state index is 0.348. The van der Waals surface area contributed by atoms with Crippen LogP contribution in [0.25, 0.3) is 6.08 Å². The van der Waals surface area contributed by atoms with E-state index in [0.29, 0.717) is 6.79 Å². The van der Waals surface area contributed by atoms with Crippen molar-refractivity contribution < 1.29 is 9.47 Å². The second-order valence-electron chi connectivity index (χ2n) is 5.12. The number of fused-ring (bicyclic) bond motifs is 1. The topological polar surface area (TPSA) is 18.5 Å². The van der Waals surface area contributed by atoms with Crippen molar-refractivity contribution in [2.24, 2.45) is 0 Å². The number of rotatable bonds is 7. The molecule has 1 aliphatic heterocycles. The number of hydrogen-bond donors (Lipinski definition) is 0. The second-order valence-corrected chi connectivity index (χ2v) is 5.12. The number of unbranched alkanes of at least 4 members (excludes halogenated alkanes) is 2. The third-order valence-corrected chi connectivity index (χ3v) is 3.47. The van der Waals surface area contributed by atoms with Crippen LogP contribution in [-0.4, -0.2) is 6.79 Å². The molecule has 1 aromatic carbocycles. The van der Waals surface area contributed by atoms with Gasteiger partial charge >= 0.3 is 0 Å².